The number of amides is 1. The minimum atomic E-state index is -3.49. The van der Waals surface area contributed by atoms with E-state index in [0.29, 0.717) is 43.5 Å². The van der Waals surface area contributed by atoms with Crippen LogP contribution in [0.3, 0.4) is 0 Å². The minimum absolute atomic E-state index is 0.0604. The van der Waals surface area contributed by atoms with Crippen LogP contribution in [0.1, 0.15) is 44.0 Å². The molecule has 34 heavy (non-hydrogen) atoms. The first kappa shape index (κ1) is 26.4. The van der Waals surface area contributed by atoms with Crippen molar-refractivity contribution in [3.8, 4) is 5.75 Å². The zero-order chi connectivity index (χ0) is 25.1. The molecule has 0 saturated carbocycles. The van der Waals surface area contributed by atoms with Crippen molar-refractivity contribution in [1.82, 2.24) is 9.88 Å². The lowest BCUT2D eigenvalue weighted by Gasteiger charge is -2.35. The molecule has 9 nitrogen and oxygen atoms in total. The van der Waals surface area contributed by atoms with Gasteiger partial charge in [0.25, 0.3) is 5.91 Å². The van der Waals surface area contributed by atoms with Crippen LogP contribution in [0.4, 0.5) is 5.13 Å². The topological polar surface area (TPSA) is 114 Å². The van der Waals surface area contributed by atoms with Crippen LogP contribution in [0.2, 0.25) is 0 Å². The van der Waals surface area contributed by atoms with Crippen molar-refractivity contribution in [2.45, 2.75) is 48.8 Å². The summed E-state index contributed by atoms with van der Waals surface area (Å²) in [7, 11) is -6.82. The molecule has 0 spiro atoms. The van der Waals surface area contributed by atoms with Gasteiger partial charge in [-0.3, -0.25) is 4.79 Å². The molecule has 0 unspecified atom stereocenters. The number of thiazole rings is 1. The molecule has 188 valence electrons. The van der Waals surface area contributed by atoms with E-state index in [4.69, 9.17) is 4.74 Å². The van der Waals surface area contributed by atoms with Gasteiger partial charge in [0.2, 0.25) is 0 Å². The van der Waals surface area contributed by atoms with Gasteiger partial charge in [-0.05, 0) is 38.5 Å². The number of hydrogen-bond acceptors (Lipinski definition) is 9. The molecular formula is C22H31N3O6S3. The Morgan fingerprint density at radius 1 is 1.15 bits per heavy atom. The number of carbonyl (C=O) groups is 1. The number of anilines is 1. The van der Waals surface area contributed by atoms with Crippen LogP contribution in [-0.4, -0.2) is 76.9 Å². The third-order valence-corrected chi connectivity index (χ3v) is 9.87. The Hall–Kier alpha value is -2.18. The maximum atomic E-state index is 13.3. The fraction of sp³-hybridized carbons (Fsp3) is 0.545. The molecule has 0 radical (unpaired) electrons. The number of rotatable bonds is 9. The van der Waals surface area contributed by atoms with Gasteiger partial charge in [0.1, 0.15) is 9.96 Å². The number of carbonyl (C=O) groups excluding carboxylic acids is 1. The molecule has 1 fully saturated rings. The summed E-state index contributed by atoms with van der Waals surface area (Å²) in [6.45, 7) is 7.37. The summed E-state index contributed by atoms with van der Waals surface area (Å²) in [5, 5.41) is 0.616. The number of nitrogens with zero attached hydrogens (tertiary/aromatic N) is 3. The summed E-state index contributed by atoms with van der Waals surface area (Å²) < 4.78 is 55.0. The molecule has 0 atom stereocenters. The van der Waals surface area contributed by atoms with E-state index in [9.17, 15) is 21.6 Å². The van der Waals surface area contributed by atoms with Crippen LogP contribution in [0, 0.1) is 0 Å². The number of benzene rings is 1. The average molecular weight is 530 g/mol. The van der Waals surface area contributed by atoms with E-state index in [1.807, 2.05) is 25.7 Å². The molecule has 0 N–H and O–H groups in total. The Morgan fingerprint density at radius 2 is 1.82 bits per heavy atom. The minimum Gasteiger partial charge on any atom is -0.490 e. The van der Waals surface area contributed by atoms with Crippen molar-refractivity contribution in [1.29, 1.82) is 0 Å². The van der Waals surface area contributed by atoms with Crippen LogP contribution in [0.25, 0.3) is 0 Å². The first-order chi connectivity index (χ1) is 15.9. The lowest BCUT2D eigenvalue weighted by Crippen LogP contribution is -2.48. The zero-order valence-electron chi connectivity index (χ0n) is 19.9. The Bertz CT molecular complexity index is 1230. The van der Waals surface area contributed by atoms with Crippen molar-refractivity contribution < 1.29 is 26.4 Å². The number of aromatic nitrogens is 1. The second-order valence-electron chi connectivity index (χ2n) is 8.51. The number of sulfone groups is 2. The number of piperazine rings is 1. The van der Waals surface area contributed by atoms with E-state index in [1.54, 1.807) is 4.90 Å². The van der Waals surface area contributed by atoms with Gasteiger partial charge >= 0.3 is 0 Å². The van der Waals surface area contributed by atoms with E-state index in [-0.39, 0.29) is 32.4 Å². The van der Waals surface area contributed by atoms with Gasteiger partial charge in [0.05, 0.1) is 28.5 Å². The first-order valence-corrected chi connectivity index (χ1v) is 15.5. The maximum Gasteiger partial charge on any atom is 0.257 e. The molecule has 3 rings (SSSR count). The summed E-state index contributed by atoms with van der Waals surface area (Å²) in [4.78, 5) is 21.3. The quantitative estimate of drug-likeness (QED) is 0.487. The molecule has 2 heterocycles. The fourth-order valence-corrected chi connectivity index (χ4v) is 6.92. The van der Waals surface area contributed by atoms with E-state index in [2.05, 4.69) is 4.98 Å². The molecule has 12 heteroatoms. The molecule has 1 aliphatic rings. The lowest BCUT2D eigenvalue weighted by atomic mass is 10.1. The van der Waals surface area contributed by atoms with Gasteiger partial charge < -0.3 is 14.5 Å². The highest BCUT2D eigenvalue weighted by molar-refractivity contribution is 7.93. The summed E-state index contributed by atoms with van der Waals surface area (Å²) in [5.41, 5.74) is 0.212. The molecule has 1 saturated heterocycles. The predicted octanol–water partition coefficient (Wildman–Crippen LogP) is 2.87. The molecular weight excluding hydrogens is 498 g/mol. The molecule has 2 aromatic rings. The largest absolute Gasteiger partial charge is 0.490 e. The predicted molar refractivity (Wildman–Crippen MR) is 133 cm³/mol. The van der Waals surface area contributed by atoms with E-state index < -0.39 is 19.7 Å². The second-order valence-corrected chi connectivity index (χ2v) is 13.9. The van der Waals surface area contributed by atoms with Crippen LogP contribution in [-0.2, 0) is 19.7 Å². The van der Waals surface area contributed by atoms with Gasteiger partial charge in [0, 0.05) is 32.4 Å². The van der Waals surface area contributed by atoms with Crippen molar-refractivity contribution in [3.63, 3.8) is 0 Å². The maximum absolute atomic E-state index is 13.3. The zero-order valence-corrected chi connectivity index (χ0v) is 22.3. The van der Waals surface area contributed by atoms with Gasteiger partial charge in [0.15, 0.2) is 24.8 Å². The third kappa shape index (κ3) is 6.28. The third-order valence-electron chi connectivity index (χ3n) is 5.36. The average Bonchev–Trinajstić information content (AvgIpc) is 3.28. The monoisotopic (exact) mass is 529 g/mol. The summed E-state index contributed by atoms with van der Waals surface area (Å²) in [6.07, 6.45) is 3.75. The molecule has 1 aromatic heterocycles. The SMILES string of the molecule is CCCCS(=O)(=O)c1cnc(N2CCN(C(=O)c3cc(S(C)(=O)=O)ccc3OC(C)C)CC2)s1. The Balaban J connectivity index is 1.74. The fourth-order valence-electron chi connectivity index (χ4n) is 3.51. The highest BCUT2D eigenvalue weighted by Crippen LogP contribution is 2.29. The molecule has 0 aliphatic carbocycles. The van der Waals surface area contributed by atoms with E-state index in [0.717, 1.165) is 24.0 Å². The highest BCUT2D eigenvalue weighted by atomic mass is 32.2. The summed E-state index contributed by atoms with van der Waals surface area (Å²) >= 11 is 1.15. The van der Waals surface area contributed by atoms with Gasteiger partial charge in [-0.15, -0.1) is 0 Å². The molecule has 1 aromatic carbocycles. The molecule has 1 aliphatic heterocycles. The van der Waals surface area contributed by atoms with Crippen LogP contribution in [0.15, 0.2) is 33.5 Å². The Labute approximate surface area is 205 Å². The standard InChI is InChI=1S/C22H31N3O6S3/c1-5-6-13-34(29,30)20-15-23-22(32-20)25-11-9-24(10-12-25)21(26)18-14-17(33(4,27)28)7-8-19(18)31-16(2)3/h7-8,14-16H,5-6,9-13H2,1-4H3. The number of unbranched alkanes of at least 4 members (excludes halogenated alkanes) is 1. The number of ether oxygens (including phenoxy) is 1. The highest BCUT2D eigenvalue weighted by Gasteiger charge is 2.28. The Kier molecular flexibility index (Phi) is 8.25. The van der Waals surface area contributed by atoms with Gasteiger partial charge in [-0.25, -0.2) is 21.8 Å². The number of hydrogen-bond donors (Lipinski definition) is 0. The van der Waals surface area contributed by atoms with Crippen molar-refractivity contribution in [3.05, 3.63) is 30.0 Å². The molecule has 0 bridgehead atoms. The van der Waals surface area contributed by atoms with E-state index >= 15 is 0 Å². The Morgan fingerprint density at radius 3 is 2.41 bits per heavy atom. The second kappa shape index (κ2) is 10.6. The first-order valence-electron chi connectivity index (χ1n) is 11.2. The summed E-state index contributed by atoms with van der Waals surface area (Å²) in [5.74, 6) is 0.153. The van der Waals surface area contributed by atoms with Crippen molar-refractivity contribution in [2.24, 2.45) is 0 Å². The lowest BCUT2D eigenvalue weighted by molar-refractivity contribution is 0.0740. The van der Waals surface area contributed by atoms with Crippen LogP contribution < -0.4 is 9.64 Å². The molecule has 1 amide bonds. The smallest absolute Gasteiger partial charge is 0.257 e. The van der Waals surface area contributed by atoms with Gasteiger partial charge in [-0.2, -0.15) is 0 Å². The van der Waals surface area contributed by atoms with Gasteiger partial charge in [-0.1, -0.05) is 24.7 Å². The summed E-state index contributed by atoms with van der Waals surface area (Å²) in [6, 6.07) is 4.34. The van der Waals surface area contributed by atoms with E-state index in [1.165, 1.54) is 24.4 Å². The van der Waals surface area contributed by atoms with Crippen molar-refractivity contribution >= 4 is 42.1 Å². The van der Waals surface area contributed by atoms with Crippen molar-refractivity contribution in [2.75, 3.05) is 43.1 Å². The normalized spacial score (nSPS) is 15.1. The van der Waals surface area contributed by atoms with Crippen LogP contribution in [0.5, 0.6) is 5.75 Å². The van der Waals surface area contributed by atoms with Crippen LogP contribution >= 0.6 is 11.3 Å².